The molecule has 0 bridgehead atoms. The number of hydrogen-bond donors (Lipinski definition) is 1. The Kier molecular flexibility index (Phi) is 6.84. The molecule has 1 atom stereocenters. The fourth-order valence-electron chi connectivity index (χ4n) is 3.07. The highest BCUT2D eigenvalue weighted by atomic mass is 19.1. The summed E-state index contributed by atoms with van der Waals surface area (Å²) in [6.45, 7) is 1.85. The molecule has 1 aromatic rings. The Bertz CT molecular complexity index is 461. The molecule has 3 nitrogen and oxygen atoms in total. The molecule has 0 aromatic heterocycles. The summed E-state index contributed by atoms with van der Waals surface area (Å²) in [7, 11) is 2.16. The van der Waals surface area contributed by atoms with Crippen molar-refractivity contribution in [2.45, 2.75) is 51.0 Å². The van der Waals surface area contributed by atoms with E-state index in [0.717, 1.165) is 31.4 Å². The first kappa shape index (κ1) is 16.9. The maximum atomic E-state index is 12.8. The van der Waals surface area contributed by atoms with Gasteiger partial charge >= 0.3 is 0 Å². The van der Waals surface area contributed by atoms with Crippen LogP contribution in [0.25, 0.3) is 0 Å². The summed E-state index contributed by atoms with van der Waals surface area (Å²) < 4.78 is 12.8. The third kappa shape index (κ3) is 5.76. The molecule has 0 saturated carbocycles. The van der Waals surface area contributed by atoms with Crippen molar-refractivity contribution in [2.75, 3.05) is 20.1 Å². The third-order valence-corrected chi connectivity index (χ3v) is 4.50. The number of piperidine rings is 1. The van der Waals surface area contributed by atoms with E-state index in [1.54, 1.807) is 12.1 Å². The van der Waals surface area contributed by atoms with Crippen LogP contribution < -0.4 is 5.32 Å². The van der Waals surface area contributed by atoms with Crippen molar-refractivity contribution in [3.63, 3.8) is 0 Å². The summed E-state index contributed by atoms with van der Waals surface area (Å²) in [6.07, 6.45) is 7.11. The molecule has 1 saturated heterocycles. The lowest BCUT2D eigenvalue weighted by atomic mass is 9.98. The van der Waals surface area contributed by atoms with E-state index in [1.807, 2.05) is 0 Å². The van der Waals surface area contributed by atoms with E-state index in [2.05, 4.69) is 17.3 Å². The van der Waals surface area contributed by atoms with E-state index >= 15 is 0 Å². The van der Waals surface area contributed by atoms with Gasteiger partial charge in [-0.1, -0.05) is 18.6 Å². The van der Waals surface area contributed by atoms with Crippen LogP contribution in [0.4, 0.5) is 4.39 Å². The number of benzene rings is 1. The number of amides is 1. The highest BCUT2D eigenvalue weighted by molar-refractivity contribution is 5.75. The zero-order valence-electron chi connectivity index (χ0n) is 13.5. The topological polar surface area (TPSA) is 32.3 Å². The molecular weight excluding hydrogens is 279 g/mol. The van der Waals surface area contributed by atoms with Crippen LogP contribution in [-0.2, 0) is 11.2 Å². The van der Waals surface area contributed by atoms with Gasteiger partial charge in [-0.05, 0) is 63.4 Å². The van der Waals surface area contributed by atoms with Gasteiger partial charge in [-0.2, -0.15) is 0 Å². The number of rotatable bonds is 7. The summed E-state index contributed by atoms with van der Waals surface area (Å²) >= 11 is 0. The van der Waals surface area contributed by atoms with E-state index < -0.39 is 0 Å². The first-order valence-corrected chi connectivity index (χ1v) is 8.36. The molecule has 1 aromatic carbocycles. The van der Waals surface area contributed by atoms with Crippen molar-refractivity contribution in [1.82, 2.24) is 10.2 Å². The van der Waals surface area contributed by atoms with Crippen molar-refractivity contribution in [3.05, 3.63) is 35.6 Å². The number of carbonyl (C=O) groups is 1. The number of halogens is 1. The summed E-state index contributed by atoms with van der Waals surface area (Å²) in [6, 6.07) is 7.13. The first-order chi connectivity index (χ1) is 10.6. The van der Waals surface area contributed by atoms with Crippen molar-refractivity contribution in [3.8, 4) is 0 Å². The Morgan fingerprint density at radius 3 is 2.82 bits per heavy atom. The van der Waals surface area contributed by atoms with E-state index in [1.165, 1.54) is 31.4 Å². The van der Waals surface area contributed by atoms with Crippen LogP contribution in [0.2, 0.25) is 0 Å². The molecule has 0 radical (unpaired) electrons. The molecule has 0 unspecified atom stereocenters. The summed E-state index contributed by atoms with van der Waals surface area (Å²) in [5, 5.41) is 2.99. The standard InChI is InChI=1S/C18H27FN2O/c1-21-14-3-2-6-17(21)11-12-18(22)20-13-4-5-15-7-9-16(19)10-8-15/h7-10,17H,2-6,11-14H2,1H3,(H,20,22)/t17-/m1/s1. The lowest BCUT2D eigenvalue weighted by molar-refractivity contribution is -0.121. The number of hydrogen-bond acceptors (Lipinski definition) is 2. The summed E-state index contributed by atoms with van der Waals surface area (Å²) in [5.74, 6) is -0.0530. The maximum Gasteiger partial charge on any atom is 0.220 e. The highest BCUT2D eigenvalue weighted by Gasteiger charge is 2.19. The monoisotopic (exact) mass is 306 g/mol. The largest absolute Gasteiger partial charge is 0.356 e. The Hall–Kier alpha value is -1.42. The molecule has 4 heteroatoms. The molecule has 1 N–H and O–H groups in total. The summed E-state index contributed by atoms with van der Waals surface area (Å²) in [4.78, 5) is 14.2. The van der Waals surface area contributed by atoms with Gasteiger partial charge in [0.15, 0.2) is 0 Å². The van der Waals surface area contributed by atoms with Crippen molar-refractivity contribution in [1.29, 1.82) is 0 Å². The third-order valence-electron chi connectivity index (χ3n) is 4.50. The van der Waals surface area contributed by atoms with Crippen molar-refractivity contribution >= 4 is 5.91 Å². The fourth-order valence-corrected chi connectivity index (χ4v) is 3.07. The summed E-state index contributed by atoms with van der Waals surface area (Å²) in [5.41, 5.74) is 1.11. The first-order valence-electron chi connectivity index (χ1n) is 8.36. The minimum absolute atomic E-state index is 0.151. The SMILES string of the molecule is CN1CCCC[C@@H]1CCC(=O)NCCCc1ccc(F)cc1. The van der Waals surface area contributed by atoms with Crippen LogP contribution in [0.5, 0.6) is 0 Å². The number of nitrogens with one attached hydrogen (secondary N) is 1. The Balaban J connectivity index is 1.56. The molecule has 122 valence electrons. The lowest BCUT2D eigenvalue weighted by Gasteiger charge is -2.32. The van der Waals surface area contributed by atoms with Gasteiger partial charge < -0.3 is 10.2 Å². The average molecular weight is 306 g/mol. The Morgan fingerprint density at radius 2 is 2.09 bits per heavy atom. The van der Waals surface area contributed by atoms with Crippen LogP contribution >= 0.6 is 0 Å². The number of likely N-dealkylation sites (tertiary alicyclic amines) is 1. The van der Waals surface area contributed by atoms with Crippen molar-refractivity contribution in [2.24, 2.45) is 0 Å². The zero-order valence-corrected chi connectivity index (χ0v) is 13.5. The molecule has 1 aliphatic heterocycles. The molecule has 1 fully saturated rings. The number of carbonyl (C=O) groups excluding carboxylic acids is 1. The van der Waals surface area contributed by atoms with Crippen molar-refractivity contribution < 1.29 is 9.18 Å². The van der Waals surface area contributed by atoms with Gasteiger partial charge in [-0.15, -0.1) is 0 Å². The van der Waals surface area contributed by atoms with Gasteiger partial charge in [0.2, 0.25) is 5.91 Å². The number of aryl methyl sites for hydroxylation is 1. The minimum atomic E-state index is -0.204. The van der Waals surface area contributed by atoms with Gasteiger partial charge in [0, 0.05) is 19.0 Å². The van der Waals surface area contributed by atoms with Crippen LogP contribution in [0.15, 0.2) is 24.3 Å². The highest BCUT2D eigenvalue weighted by Crippen LogP contribution is 2.18. The Labute approximate surface area is 132 Å². The molecule has 1 heterocycles. The quantitative estimate of drug-likeness (QED) is 0.785. The predicted molar refractivity (Wildman–Crippen MR) is 87.2 cm³/mol. The normalized spacial score (nSPS) is 19.1. The van der Waals surface area contributed by atoms with Gasteiger partial charge in [-0.3, -0.25) is 4.79 Å². The van der Waals surface area contributed by atoms with Gasteiger partial charge in [0.1, 0.15) is 5.82 Å². The van der Waals surface area contributed by atoms with Gasteiger partial charge in [0.05, 0.1) is 0 Å². The van der Waals surface area contributed by atoms with Crippen LogP contribution in [0, 0.1) is 5.82 Å². The average Bonchev–Trinajstić information content (AvgIpc) is 2.52. The molecule has 0 aliphatic carbocycles. The molecule has 1 aliphatic rings. The molecule has 1 amide bonds. The smallest absolute Gasteiger partial charge is 0.220 e. The second-order valence-corrected chi connectivity index (χ2v) is 6.25. The van der Waals surface area contributed by atoms with E-state index in [9.17, 15) is 9.18 Å². The Morgan fingerprint density at radius 1 is 1.32 bits per heavy atom. The fraction of sp³-hybridized carbons (Fsp3) is 0.611. The maximum absolute atomic E-state index is 12.8. The van der Waals surface area contributed by atoms with Crippen LogP contribution in [0.3, 0.4) is 0 Å². The van der Waals surface area contributed by atoms with Crippen LogP contribution in [-0.4, -0.2) is 37.0 Å². The van der Waals surface area contributed by atoms with Gasteiger partial charge in [-0.25, -0.2) is 4.39 Å². The van der Waals surface area contributed by atoms with E-state index in [4.69, 9.17) is 0 Å². The van der Waals surface area contributed by atoms with Crippen LogP contribution in [0.1, 0.15) is 44.1 Å². The van der Waals surface area contributed by atoms with E-state index in [-0.39, 0.29) is 11.7 Å². The molecule has 0 spiro atoms. The minimum Gasteiger partial charge on any atom is -0.356 e. The van der Waals surface area contributed by atoms with Gasteiger partial charge in [0.25, 0.3) is 0 Å². The molecule has 22 heavy (non-hydrogen) atoms. The number of nitrogens with zero attached hydrogens (tertiary/aromatic N) is 1. The second kappa shape index (κ2) is 8.89. The zero-order chi connectivity index (χ0) is 15.8. The second-order valence-electron chi connectivity index (χ2n) is 6.25. The lowest BCUT2D eigenvalue weighted by Crippen LogP contribution is -2.37. The molecule has 2 rings (SSSR count). The predicted octanol–water partition coefficient (Wildman–Crippen LogP) is 3.14. The van der Waals surface area contributed by atoms with E-state index in [0.29, 0.717) is 19.0 Å². The molecular formula is C18H27FN2O.